The van der Waals surface area contributed by atoms with Crippen LogP contribution in [0.5, 0.6) is 0 Å². The minimum Gasteiger partial charge on any atom is -0.381 e. The first-order valence-corrected chi connectivity index (χ1v) is 9.67. The van der Waals surface area contributed by atoms with Gasteiger partial charge in [-0.25, -0.2) is 23.7 Å². The molecule has 1 saturated heterocycles. The number of nitrogens with zero attached hydrogens (tertiary/aromatic N) is 8. The third-order valence-corrected chi connectivity index (χ3v) is 5.62. The Morgan fingerprint density at radius 3 is 2.90 bits per heavy atom. The number of hydrogen-bond donors (Lipinski definition) is 1. The predicted molar refractivity (Wildman–Crippen MR) is 108 cm³/mol. The summed E-state index contributed by atoms with van der Waals surface area (Å²) in [7, 11) is 0. The molecule has 5 heterocycles. The van der Waals surface area contributed by atoms with Gasteiger partial charge in [-0.05, 0) is 18.6 Å². The zero-order chi connectivity index (χ0) is 21.6. The summed E-state index contributed by atoms with van der Waals surface area (Å²) in [5.41, 5.74) is 0.912. The molecule has 11 nitrogen and oxygen atoms in total. The molecule has 31 heavy (non-hydrogen) atoms. The Bertz CT molecular complexity index is 1390. The van der Waals surface area contributed by atoms with Crippen molar-refractivity contribution in [2.45, 2.75) is 32.1 Å². The lowest BCUT2D eigenvalue weighted by molar-refractivity contribution is 0.0446. The van der Waals surface area contributed by atoms with Gasteiger partial charge in [-0.15, -0.1) is 0 Å². The van der Waals surface area contributed by atoms with Gasteiger partial charge >= 0.3 is 5.69 Å². The highest BCUT2D eigenvalue weighted by Crippen LogP contribution is 2.31. The van der Waals surface area contributed by atoms with Crippen LogP contribution < -0.4 is 11.0 Å². The molecular weight excluding hydrogens is 405 g/mol. The monoisotopic (exact) mass is 423 g/mol. The van der Waals surface area contributed by atoms with Gasteiger partial charge in [-0.3, -0.25) is 9.13 Å². The van der Waals surface area contributed by atoms with E-state index in [1.165, 1.54) is 17.1 Å². The molecule has 0 saturated carbocycles. The van der Waals surface area contributed by atoms with Crippen molar-refractivity contribution in [3.63, 3.8) is 0 Å². The fourth-order valence-corrected chi connectivity index (χ4v) is 3.90. The lowest BCUT2D eigenvalue weighted by atomic mass is 9.91. The zero-order valence-corrected chi connectivity index (χ0v) is 16.6. The molecule has 158 valence electrons. The van der Waals surface area contributed by atoms with Gasteiger partial charge in [0.25, 0.3) is 0 Å². The van der Waals surface area contributed by atoms with Crippen LogP contribution in [0.2, 0.25) is 0 Å². The molecule has 0 spiro atoms. The molecule has 0 atom stereocenters. The number of aromatic nitrogens is 7. The Labute approximate surface area is 174 Å². The average Bonchev–Trinajstić information content (AvgIpc) is 3.35. The summed E-state index contributed by atoms with van der Waals surface area (Å²) >= 11 is 0. The maximum absolute atomic E-state index is 13.7. The standard InChI is InChI=1S/C19H18FN9O2/c1-12-6-15-23-11-24-28(15)8-13(12)25-17-22-7-14-16(26-17)29(18(30)27(14)10-20)19(9-21)2-4-31-5-3-19/h6-8,11H,2-5,10H2,1H3,(H,22,25,26). The van der Waals surface area contributed by atoms with Crippen molar-refractivity contribution in [3.05, 3.63) is 40.8 Å². The molecule has 0 aromatic carbocycles. The van der Waals surface area contributed by atoms with Crippen LogP contribution in [0.15, 0.2) is 29.6 Å². The van der Waals surface area contributed by atoms with Crippen molar-refractivity contribution >= 4 is 28.4 Å². The van der Waals surface area contributed by atoms with Crippen LogP contribution in [-0.4, -0.2) is 46.9 Å². The first-order valence-electron chi connectivity index (χ1n) is 9.67. The fourth-order valence-electron chi connectivity index (χ4n) is 3.90. The molecule has 0 bridgehead atoms. The van der Waals surface area contributed by atoms with Crippen LogP contribution in [0, 0.1) is 18.3 Å². The van der Waals surface area contributed by atoms with E-state index in [0.29, 0.717) is 37.4 Å². The number of fused-ring (bicyclic) bond motifs is 2. The molecule has 0 aliphatic carbocycles. The Kier molecular flexibility index (Phi) is 4.40. The van der Waals surface area contributed by atoms with Gasteiger partial charge in [0.2, 0.25) is 5.95 Å². The van der Waals surface area contributed by atoms with E-state index in [2.05, 4.69) is 31.4 Å². The largest absolute Gasteiger partial charge is 0.381 e. The third kappa shape index (κ3) is 2.93. The van der Waals surface area contributed by atoms with Crippen molar-refractivity contribution in [2.75, 3.05) is 18.5 Å². The Hall–Kier alpha value is -3.85. The molecule has 1 aliphatic heterocycles. The van der Waals surface area contributed by atoms with Crippen LogP contribution in [0.4, 0.5) is 16.0 Å². The molecule has 4 aromatic rings. The molecule has 0 amide bonds. The van der Waals surface area contributed by atoms with Gasteiger partial charge < -0.3 is 10.1 Å². The van der Waals surface area contributed by atoms with Gasteiger partial charge in [0.05, 0.1) is 24.2 Å². The number of imidazole rings is 1. The molecule has 0 radical (unpaired) electrons. The molecular formula is C19H18FN9O2. The number of halogens is 1. The molecule has 1 N–H and O–H groups in total. The number of aryl methyl sites for hydroxylation is 1. The van der Waals surface area contributed by atoms with Gasteiger partial charge in [-0.1, -0.05) is 0 Å². The summed E-state index contributed by atoms with van der Waals surface area (Å²) in [6.07, 6.45) is 5.21. The number of rotatable bonds is 4. The minimum absolute atomic E-state index is 0.197. The van der Waals surface area contributed by atoms with Gasteiger partial charge in [0.1, 0.15) is 17.4 Å². The van der Waals surface area contributed by atoms with Crippen LogP contribution in [0.25, 0.3) is 16.8 Å². The van der Waals surface area contributed by atoms with Crippen LogP contribution in [0.1, 0.15) is 18.4 Å². The maximum atomic E-state index is 13.7. The molecule has 4 aromatic heterocycles. The second kappa shape index (κ2) is 7.13. The number of pyridine rings is 1. The van der Waals surface area contributed by atoms with E-state index in [9.17, 15) is 14.4 Å². The fraction of sp³-hybridized carbons (Fsp3) is 0.368. The maximum Gasteiger partial charge on any atom is 0.333 e. The average molecular weight is 423 g/mol. The Morgan fingerprint density at radius 1 is 1.35 bits per heavy atom. The molecule has 0 unspecified atom stereocenters. The van der Waals surface area contributed by atoms with E-state index in [4.69, 9.17) is 4.74 Å². The summed E-state index contributed by atoms with van der Waals surface area (Å²) in [5, 5.41) is 17.2. The van der Waals surface area contributed by atoms with Gasteiger partial charge in [-0.2, -0.15) is 15.3 Å². The Morgan fingerprint density at radius 2 is 2.16 bits per heavy atom. The summed E-state index contributed by atoms with van der Waals surface area (Å²) < 4.78 is 22.9. The van der Waals surface area contributed by atoms with Crippen molar-refractivity contribution in [3.8, 4) is 6.07 Å². The summed E-state index contributed by atoms with van der Waals surface area (Å²) in [6.45, 7) is 1.52. The van der Waals surface area contributed by atoms with Crippen molar-refractivity contribution in [1.29, 1.82) is 5.26 Å². The van der Waals surface area contributed by atoms with Crippen molar-refractivity contribution < 1.29 is 9.13 Å². The quantitative estimate of drug-likeness (QED) is 0.525. The molecule has 1 fully saturated rings. The minimum atomic E-state index is -1.16. The normalized spacial score (nSPS) is 15.9. The third-order valence-electron chi connectivity index (χ3n) is 5.62. The van der Waals surface area contributed by atoms with Crippen LogP contribution in [0.3, 0.4) is 0 Å². The molecule has 1 aliphatic rings. The highest BCUT2D eigenvalue weighted by Gasteiger charge is 2.39. The van der Waals surface area contributed by atoms with E-state index < -0.39 is 18.0 Å². The number of hydrogen-bond acceptors (Lipinski definition) is 8. The highest BCUT2D eigenvalue weighted by molar-refractivity contribution is 5.74. The summed E-state index contributed by atoms with van der Waals surface area (Å²) in [4.78, 5) is 25.9. The number of nitrogens with one attached hydrogen (secondary N) is 1. The highest BCUT2D eigenvalue weighted by atomic mass is 19.1. The molecule has 5 rings (SSSR count). The first-order chi connectivity index (χ1) is 15.1. The van der Waals surface area contributed by atoms with Gasteiger partial charge in [0, 0.05) is 26.1 Å². The second-order valence-electron chi connectivity index (χ2n) is 7.38. The smallest absolute Gasteiger partial charge is 0.333 e. The first kappa shape index (κ1) is 19.1. The number of nitriles is 1. The zero-order valence-electron chi connectivity index (χ0n) is 16.6. The van der Waals surface area contributed by atoms with E-state index >= 15 is 0 Å². The lowest BCUT2D eigenvalue weighted by Crippen LogP contribution is -2.44. The number of anilines is 2. The van der Waals surface area contributed by atoms with E-state index in [1.807, 2.05) is 13.0 Å². The van der Waals surface area contributed by atoms with Gasteiger partial charge in [0.15, 0.2) is 18.1 Å². The van der Waals surface area contributed by atoms with E-state index in [0.717, 1.165) is 10.1 Å². The van der Waals surface area contributed by atoms with Crippen molar-refractivity contribution in [2.24, 2.45) is 0 Å². The number of ether oxygens (including phenoxy) is 1. The van der Waals surface area contributed by atoms with Crippen LogP contribution in [-0.2, 0) is 17.1 Å². The van der Waals surface area contributed by atoms with Crippen LogP contribution >= 0.6 is 0 Å². The molecule has 12 heteroatoms. The number of alkyl halides is 1. The van der Waals surface area contributed by atoms with E-state index in [1.54, 1.807) is 10.7 Å². The summed E-state index contributed by atoms with van der Waals surface area (Å²) in [6, 6.07) is 4.10. The summed E-state index contributed by atoms with van der Waals surface area (Å²) in [5.74, 6) is 0.208. The predicted octanol–water partition coefficient (Wildman–Crippen LogP) is 1.64. The van der Waals surface area contributed by atoms with E-state index in [-0.39, 0.29) is 17.1 Å². The van der Waals surface area contributed by atoms with Crippen molar-refractivity contribution in [1.82, 2.24) is 33.7 Å². The Balaban J connectivity index is 1.65. The second-order valence-corrected chi connectivity index (χ2v) is 7.38. The lowest BCUT2D eigenvalue weighted by Gasteiger charge is -2.31. The topological polar surface area (TPSA) is 128 Å². The SMILES string of the molecule is Cc1cc2ncnn2cc1Nc1ncc2c(n1)n(C1(C#N)CCOCC1)c(=O)n2CF.